The number of Topliss-reactive ketones (excluding diaryl/α,β-unsaturated/α-hetero) is 1. The highest BCUT2D eigenvalue weighted by molar-refractivity contribution is 7.98. The largest absolute Gasteiger partial charge is 0.298 e. The van der Waals surface area contributed by atoms with E-state index in [2.05, 4.69) is 0 Å². The Labute approximate surface area is 91.6 Å². The first-order valence-electron chi connectivity index (χ1n) is 4.04. The zero-order valence-corrected chi connectivity index (χ0v) is 9.45. The molecule has 1 aromatic carbocycles. The van der Waals surface area contributed by atoms with E-state index in [9.17, 15) is 9.18 Å². The van der Waals surface area contributed by atoms with Gasteiger partial charge in [0.05, 0.1) is 0 Å². The lowest BCUT2D eigenvalue weighted by Crippen LogP contribution is -2.03. The number of benzene rings is 1. The normalized spacial score (nSPS) is 12.6. The van der Waals surface area contributed by atoms with Crippen LogP contribution >= 0.6 is 23.4 Å². The molecule has 0 aromatic heterocycles. The van der Waals surface area contributed by atoms with Crippen LogP contribution in [0, 0.1) is 5.82 Å². The number of carbonyl (C=O) groups excluding carboxylic acids is 1. The molecule has 0 fully saturated rings. The van der Waals surface area contributed by atoms with Gasteiger partial charge in [-0.1, -0.05) is 6.07 Å². The van der Waals surface area contributed by atoms with E-state index < -0.39 is 11.2 Å². The summed E-state index contributed by atoms with van der Waals surface area (Å²) in [6.45, 7) is 1.35. The predicted molar refractivity (Wildman–Crippen MR) is 57.5 cm³/mol. The summed E-state index contributed by atoms with van der Waals surface area (Å²) in [7, 11) is 0. The second kappa shape index (κ2) is 4.80. The summed E-state index contributed by atoms with van der Waals surface area (Å²) < 4.78 is 13.4. The van der Waals surface area contributed by atoms with Crippen LogP contribution in [0.25, 0.3) is 0 Å². The van der Waals surface area contributed by atoms with E-state index in [1.54, 1.807) is 12.1 Å². The smallest absolute Gasteiger partial charge is 0.152 e. The molecule has 1 atom stereocenters. The predicted octanol–water partition coefficient (Wildman–Crippen LogP) is 3.42. The van der Waals surface area contributed by atoms with Crippen LogP contribution in [0.3, 0.4) is 0 Å². The minimum atomic E-state index is -0.883. The highest BCUT2D eigenvalue weighted by atomic mass is 35.5. The van der Waals surface area contributed by atoms with Crippen molar-refractivity contribution in [1.82, 2.24) is 0 Å². The van der Waals surface area contributed by atoms with Gasteiger partial charge in [0.2, 0.25) is 0 Å². The van der Waals surface area contributed by atoms with E-state index in [0.717, 1.165) is 4.90 Å². The Kier molecular flexibility index (Phi) is 3.96. The summed E-state index contributed by atoms with van der Waals surface area (Å²) in [4.78, 5) is 11.8. The molecule has 1 rings (SSSR count). The van der Waals surface area contributed by atoms with Crippen LogP contribution in [0.4, 0.5) is 4.39 Å². The molecule has 1 unspecified atom stereocenters. The molecule has 0 aliphatic heterocycles. The molecule has 0 radical (unpaired) electrons. The van der Waals surface area contributed by atoms with Gasteiger partial charge >= 0.3 is 0 Å². The minimum Gasteiger partial charge on any atom is -0.298 e. The Bertz CT molecular complexity index is 354. The quantitative estimate of drug-likeness (QED) is 0.587. The first-order valence-corrected chi connectivity index (χ1v) is 5.70. The average Bonchev–Trinajstić information content (AvgIpc) is 2.16. The summed E-state index contributed by atoms with van der Waals surface area (Å²) in [6.07, 6.45) is 1.86. The third-order valence-corrected chi connectivity index (χ3v) is 3.11. The topological polar surface area (TPSA) is 17.1 Å². The second-order valence-electron chi connectivity index (χ2n) is 2.86. The van der Waals surface area contributed by atoms with Gasteiger partial charge in [0.1, 0.15) is 11.2 Å². The SMILES string of the molecule is CSc1ccc(C(Cl)C(C)=O)c(F)c1. The summed E-state index contributed by atoms with van der Waals surface area (Å²) in [5, 5.41) is -0.883. The van der Waals surface area contributed by atoms with Gasteiger partial charge in [0, 0.05) is 10.5 Å². The van der Waals surface area contributed by atoms with Crippen molar-refractivity contribution in [2.45, 2.75) is 17.2 Å². The van der Waals surface area contributed by atoms with Gasteiger partial charge in [-0.25, -0.2) is 4.39 Å². The van der Waals surface area contributed by atoms with Crippen molar-refractivity contribution in [3.05, 3.63) is 29.6 Å². The standard InChI is InChI=1S/C10H10ClFOS/c1-6(13)10(11)8-4-3-7(14-2)5-9(8)12/h3-5,10H,1-2H3. The van der Waals surface area contributed by atoms with Crippen molar-refractivity contribution >= 4 is 29.1 Å². The van der Waals surface area contributed by atoms with Crippen molar-refractivity contribution in [2.24, 2.45) is 0 Å². The molecular formula is C10H10ClFOS. The van der Waals surface area contributed by atoms with E-state index in [1.807, 2.05) is 6.26 Å². The van der Waals surface area contributed by atoms with Crippen LogP contribution in [0.2, 0.25) is 0 Å². The molecule has 76 valence electrons. The van der Waals surface area contributed by atoms with E-state index in [1.165, 1.54) is 24.8 Å². The van der Waals surface area contributed by atoms with Crippen LogP contribution in [0.1, 0.15) is 17.9 Å². The van der Waals surface area contributed by atoms with Crippen molar-refractivity contribution in [1.29, 1.82) is 0 Å². The number of hydrogen-bond acceptors (Lipinski definition) is 2. The fraction of sp³-hybridized carbons (Fsp3) is 0.300. The van der Waals surface area contributed by atoms with E-state index in [-0.39, 0.29) is 11.3 Å². The van der Waals surface area contributed by atoms with E-state index in [0.29, 0.717) is 0 Å². The highest BCUT2D eigenvalue weighted by Gasteiger charge is 2.17. The highest BCUT2D eigenvalue weighted by Crippen LogP contribution is 2.27. The maximum atomic E-state index is 13.4. The van der Waals surface area contributed by atoms with Crippen molar-refractivity contribution in [2.75, 3.05) is 6.26 Å². The van der Waals surface area contributed by atoms with Crippen molar-refractivity contribution < 1.29 is 9.18 Å². The fourth-order valence-corrected chi connectivity index (χ4v) is 1.66. The second-order valence-corrected chi connectivity index (χ2v) is 4.18. The van der Waals surface area contributed by atoms with Gasteiger partial charge in [0.25, 0.3) is 0 Å². The zero-order chi connectivity index (χ0) is 10.7. The number of alkyl halides is 1. The molecule has 0 saturated carbocycles. The number of halogens is 2. The molecule has 0 saturated heterocycles. The van der Waals surface area contributed by atoms with E-state index >= 15 is 0 Å². The number of ketones is 1. The summed E-state index contributed by atoms with van der Waals surface area (Å²) in [5.74, 6) is -0.672. The molecule has 0 N–H and O–H groups in total. The maximum Gasteiger partial charge on any atom is 0.152 e. The minimum absolute atomic E-state index is 0.247. The van der Waals surface area contributed by atoms with Crippen LogP contribution < -0.4 is 0 Å². The summed E-state index contributed by atoms with van der Waals surface area (Å²) >= 11 is 7.19. The number of rotatable bonds is 3. The third-order valence-electron chi connectivity index (χ3n) is 1.84. The third kappa shape index (κ3) is 2.49. The first kappa shape index (κ1) is 11.5. The molecule has 1 aromatic rings. The monoisotopic (exact) mass is 232 g/mol. The van der Waals surface area contributed by atoms with E-state index in [4.69, 9.17) is 11.6 Å². The van der Waals surface area contributed by atoms with Crippen LogP contribution in [0.15, 0.2) is 23.1 Å². The lowest BCUT2D eigenvalue weighted by Gasteiger charge is -2.07. The van der Waals surface area contributed by atoms with Gasteiger partial charge in [-0.2, -0.15) is 0 Å². The maximum absolute atomic E-state index is 13.4. The Morgan fingerprint density at radius 3 is 2.64 bits per heavy atom. The Morgan fingerprint density at radius 1 is 1.57 bits per heavy atom. The molecule has 4 heteroatoms. The Hall–Kier alpha value is -0.540. The number of carbonyl (C=O) groups is 1. The number of hydrogen-bond donors (Lipinski definition) is 0. The van der Waals surface area contributed by atoms with Crippen LogP contribution in [0.5, 0.6) is 0 Å². The molecule has 0 heterocycles. The van der Waals surface area contributed by atoms with Crippen molar-refractivity contribution in [3.63, 3.8) is 0 Å². The molecule has 0 amide bonds. The lowest BCUT2D eigenvalue weighted by atomic mass is 10.1. The van der Waals surface area contributed by atoms with Crippen LogP contribution in [-0.2, 0) is 4.79 Å². The zero-order valence-electron chi connectivity index (χ0n) is 7.88. The summed E-state index contributed by atoms with van der Waals surface area (Å²) in [5.41, 5.74) is 0.247. The Morgan fingerprint density at radius 2 is 2.21 bits per heavy atom. The molecule has 0 bridgehead atoms. The van der Waals surface area contributed by atoms with Crippen LogP contribution in [-0.4, -0.2) is 12.0 Å². The molecule has 0 aliphatic rings. The van der Waals surface area contributed by atoms with Gasteiger partial charge < -0.3 is 0 Å². The molecule has 14 heavy (non-hydrogen) atoms. The van der Waals surface area contributed by atoms with Gasteiger partial charge in [-0.05, 0) is 25.3 Å². The molecular weight excluding hydrogens is 223 g/mol. The molecule has 1 nitrogen and oxygen atoms in total. The first-order chi connectivity index (χ1) is 6.56. The van der Waals surface area contributed by atoms with Gasteiger partial charge in [-0.3, -0.25) is 4.79 Å². The summed E-state index contributed by atoms with van der Waals surface area (Å²) in [6, 6.07) is 4.69. The molecule has 0 spiro atoms. The lowest BCUT2D eigenvalue weighted by molar-refractivity contribution is -0.116. The van der Waals surface area contributed by atoms with Crippen molar-refractivity contribution in [3.8, 4) is 0 Å². The molecule has 0 aliphatic carbocycles. The average molecular weight is 233 g/mol. The fourth-order valence-electron chi connectivity index (χ4n) is 1.06. The van der Waals surface area contributed by atoms with Gasteiger partial charge in [0.15, 0.2) is 5.78 Å². The Balaban J connectivity index is 3.05. The number of thioether (sulfide) groups is 1. The van der Waals surface area contributed by atoms with Gasteiger partial charge in [-0.15, -0.1) is 23.4 Å².